The van der Waals surface area contributed by atoms with Gasteiger partial charge in [0.1, 0.15) is 5.75 Å². The minimum atomic E-state index is 0.0994. The van der Waals surface area contributed by atoms with Gasteiger partial charge < -0.3 is 10.5 Å². The maximum Gasteiger partial charge on any atom is 0.119 e. The third-order valence-corrected chi connectivity index (χ3v) is 3.77. The quantitative estimate of drug-likeness (QED) is 0.846. The van der Waals surface area contributed by atoms with Crippen LogP contribution in [-0.4, -0.2) is 6.10 Å². The van der Waals surface area contributed by atoms with E-state index in [4.69, 9.17) is 10.5 Å². The van der Waals surface area contributed by atoms with Crippen molar-refractivity contribution >= 4 is 0 Å². The van der Waals surface area contributed by atoms with Crippen LogP contribution in [0.25, 0.3) is 0 Å². The molecule has 0 spiro atoms. The molecule has 1 rings (SSSR count). The van der Waals surface area contributed by atoms with Gasteiger partial charge in [-0.1, -0.05) is 39.8 Å². The van der Waals surface area contributed by atoms with Crippen molar-refractivity contribution in [2.24, 2.45) is 17.1 Å². The summed E-state index contributed by atoms with van der Waals surface area (Å²) < 4.78 is 5.64. The van der Waals surface area contributed by atoms with Gasteiger partial charge in [-0.2, -0.15) is 0 Å². The lowest BCUT2D eigenvalue weighted by Gasteiger charge is -2.29. The molecule has 0 saturated carbocycles. The molecular weight excluding hydrogens is 234 g/mol. The molecule has 2 heteroatoms. The van der Waals surface area contributed by atoms with Gasteiger partial charge in [-0.25, -0.2) is 0 Å². The predicted molar refractivity (Wildman–Crippen MR) is 82.4 cm³/mol. The molecule has 0 aliphatic rings. The van der Waals surface area contributed by atoms with E-state index in [0.717, 1.165) is 12.2 Å². The molecule has 2 nitrogen and oxygen atoms in total. The van der Waals surface area contributed by atoms with Gasteiger partial charge in [-0.05, 0) is 49.3 Å². The van der Waals surface area contributed by atoms with Crippen LogP contribution in [0, 0.1) is 11.3 Å². The van der Waals surface area contributed by atoms with E-state index < -0.39 is 0 Å². The number of benzene rings is 1. The highest BCUT2D eigenvalue weighted by molar-refractivity contribution is 5.29. The van der Waals surface area contributed by atoms with Gasteiger partial charge >= 0.3 is 0 Å². The molecule has 1 aromatic carbocycles. The fourth-order valence-corrected chi connectivity index (χ4v) is 1.94. The average molecular weight is 263 g/mol. The van der Waals surface area contributed by atoms with Crippen LogP contribution >= 0.6 is 0 Å². The first kappa shape index (κ1) is 16.0. The average Bonchev–Trinajstić information content (AvgIpc) is 2.27. The van der Waals surface area contributed by atoms with E-state index in [-0.39, 0.29) is 12.1 Å². The Bertz CT molecular complexity index is 375. The molecule has 0 saturated heterocycles. The first-order valence-corrected chi connectivity index (χ1v) is 7.22. The Morgan fingerprint density at radius 1 is 1.05 bits per heavy atom. The molecule has 0 aromatic heterocycles. The molecule has 19 heavy (non-hydrogen) atoms. The summed E-state index contributed by atoms with van der Waals surface area (Å²) >= 11 is 0. The minimum absolute atomic E-state index is 0.0994. The molecular formula is C17H29NO. The lowest BCUT2D eigenvalue weighted by Crippen LogP contribution is -2.23. The van der Waals surface area contributed by atoms with Crippen molar-refractivity contribution in [1.29, 1.82) is 0 Å². The number of hydrogen-bond donors (Lipinski definition) is 1. The summed E-state index contributed by atoms with van der Waals surface area (Å²) in [5.74, 6) is 1.50. The van der Waals surface area contributed by atoms with E-state index in [0.29, 0.717) is 11.3 Å². The van der Waals surface area contributed by atoms with E-state index in [1.165, 1.54) is 5.56 Å². The largest absolute Gasteiger partial charge is 0.491 e. The van der Waals surface area contributed by atoms with E-state index in [1.54, 1.807) is 0 Å². The van der Waals surface area contributed by atoms with Gasteiger partial charge in [-0.15, -0.1) is 0 Å². The Hall–Kier alpha value is -1.02. The van der Waals surface area contributed by atoms with Gasteiger partial charge in [0.15, 0.2) is 0 Å². The zero-order valence-corrected chi connectivity index (χ0v) is 13.2. The maximum absolute atomic E-state index is 6.30. The van der Waals surface area contributed by atoms with E-state index in [1.807, 2.05) is 26.0 Å². The molecule has 0 amide bonds. The molecule has 2 unspecified atom stereocenters. The Balaban J connectivity index is 2.65. The SMILES string of the molecule is CC(C)Oc1ccc(C(N)CC(C)C(C)(C)C)cc1. The fourth-order valence-electron chi connectivity index (χ4n) is 1.94. The van der Waals surface area contributed by atoms with Gasteiger partial charge in [0.2, 0.25) is 0 Å². The summed E-state index contributed by atoms with van der Waals surface area (Å²) in [6.45, 7) is 13.1. The lowest BCUT2D eigenvalue weighted by atomic mass is 9.78. The second kappa shape index (κ2) is 6.42. The molecule has 0 bridgehead atoms. The molecule has 0 heterocycles. The van der Waals surface area contributed by atoms with Crippen LogP contribution < -0.4 is 10.5 Å². The number of rotatable bonds is 5. The first-order chi connectivity index (χ1) is 8.70. The minimum Gasteiger partial charge on any atom is -0.491 e. The van der Waals surface area contributed by atoms with Crippen LogP contribution in [0.5, 0.6) is 5.75 Å². The Morgan fingerprint density at radius 3 is 2.00 bits per heavy atom. The van der Waals surface area contributed by atoms with E-state index in [9.17, 15) is 0 Å². The summed E-state index contributed by atoms with van der Waals surface area (Å²) in [6, 6.07) is 8.28. The van der Waals surface area contributed by atoms with Crippen LogP contribution in [0.1, 0.15) is 59.6 Å². The predicted octanol–water partition coefficient (Wildman–Crippen LogP) is 4.55. The highest BCUT2D eigenvalue weighted by atomic mass is 16.5. The van der Waals surface area contributed by atoms with Crippen LogP contribution in [0.15, 0.2) is 24.3 Å². The number of hydrogen-bond acceptors (Lipinski definition) is 2. The van der Waals surface area contributed by atoms with Crippen molar-refractivity contribution in [3.05, 3.63) is 29.8 Å². The summed E-state index contributed by atoms with van der Waals surface area (Å²) in [4.78, 5) is 0. The first-order valence-electron chi connectivity index (χ1n) is 7.22. The van der Waals surface area contributed by atoms with Crippen LogP contribution in [0.3, 0.4) is 0 Å². The maximum atomic E-state index is 6.30. The van der Waals surface area contributed by atoms with E-state index >= 15 is 0 Å². The molecule has 108 valence electrons. The summed E-state index contributed by atoms with van der Waals surface area (Å²) in [5, 5.41) is 0. The van der Waals surface area contributed by atoms with Crippen LogP contribution in [-0.2, 0) is 0 Å². The molecule has 0 aliphatic carbocycles. The smallest absolute Gasteiger partial charge is 0.119 e. The van der Waals surface area contributed by atoms with Crippen molar-refractivity contribution in [1.82, 2.24) is 0 Å². The third-order valence-electron chi connectivity index (χ3n) is 3.77. The van der Waals surface area contributed by atoms with Gasteiger partial charge in [0, 0.05) is 6.04 Å². The van der Waals surface area contributed by atoms with Crippen molar-refractivity contribution < 1.29 is 4.74 Å². The Labute approximate surface area is 118 Å². The van der Waals surface area contributed by atoms with Crippen molar-refractivity contribution in [3.8, 4) is 5.75 Å². The second-order valence-corrected chi connectivity index (χ2v) is 6.84. The molecule has 1 aromatic rings. The standard InChI is InChI=1S/C17H29NO/c1-12(2)19-15-9-7-14(8-10-15)16(18)11-13(3)17(4,5)6/h7-10,12-13,16H,11,18H2,1-6H3. The zero-order valence-electron chi connectivity index (χ0n) is 13.2. The zero-order chi connectivity index (χ0) is 14.6. The van der Waals surface area contributed by atoms with Gasteiger partial charge in [0.25, 0.3) is 0 Å². The van der Waals surface area contributed by atoms with Crippen LogP contribution in [0.4, 0.5) is 0 Å². The monoisotopic (exact) mass is 263 g/mol. The Kier molecular flexibility index (Phi) is 5.42. The Morgan fingerprint density at radius 2 is 1.58 bits per heavy atom. The van der Waals surface area contributed by atoms with E-state index in [2.05, 4.69) is 39.8 Å². The third kappa shape index (κ3) is 5.23. The second-order valence-electron chi connectivity index (χ2n) is 6.84. The number of nitrogens with two attached hydrogens (primary N) is 1. The molecule has 0 radical (unpaired) electrons. The number of ether oxygens (including phenoxy) is 1. The van der Waals surface area contributed by atoms with Crippen molar-refractivity contribution in [3.63, 3.8) is 0 Å². The van der Waals surface area contributed by atoms with Crippen molar-refractivity contribution in [2.75, 3.05) is 0 Å². The normalized spacial score (nSPS) is 15.4. The molecule has 2 N–H and O–H groups in total. The summed E-state index contributed by atoms with van der Waals surface area (Å²) in [6.07, 6.45) is 1.22. The molecule has 0 fully saturated rings. The molecule has 0 aliphatic heterocycles. The topological polar surface area (TPSA) is 35.2 Å². The van der Waals surface area contributed by atoms with Crippen molar-refractivity contribution in [2.45, 2.75) is 60.1 Å². The van der Waals surface area contributed by atoms with Gasteiger partial charge in [-0.3, -0.25) is 0 Å². The molecule has 2 atom stereocenters. The highest BCUT2D eigenvalue weighted by Gasteiger charge is 2.22. The van der Waals surface area contributed by atoms with Gasteiger partial charge in [0.05, 0.1) is 6.10 Å². The fraction of sp³-hybridized carbons (Fsp3) is 0.647. The lowest BCUT2D eigenvalue weighted by molar-refractivity contribution is 0.233. The summed E-state index contributed by atoms with van der Waals surface area (Å²) in [7, 11) is 0. The summed E-state index contributed by atoms with van der Waals surface area (Å²) in [5.41, 5.74) is 7.79. The van der Waals surface area contributed by atoms with Crippen LogP contribution in [0.2, 0.25) is 0 Å². The highest BCUT2D eigenvalue weighted by Crippen LogP contribution is 2.32.